The van der Waals surface area contributed by atoms with E-state index in [1.54, 1.807) is 0 Å². The first-order chi connectivity index (χ1) is 9.83. The summed E-state index contributed by atoms with van der Waals surface area (Å²) < 4.78 is 16.7. The van der Waals surface area contributed by atoms with Crippen molar-refractivity contribution in [3.05, 3.63) is 35.9 Å². The Hall–Kier alpha value is -1.39. The van der Waals surface area contributed by atoms with Gasteiger partial charge in [-0.05, 0) is 24.8 Å². The van der Waals surface area contributed by atoms with Gasteiger partial charge >= 0.3 is 5.97 Å². The third-order valence-electron chi connectivity index (χ3n) is 3.72. The molecule has 0 amide bonds. The second-order valence-electron chi connectivity index (χ2n) is 5.44. The Morgan fingerprint density at radius 3 is 2.75 bits per heavy atom. The second-order valence-corrected chi connectivity index (χ2v) is 5.44. The van der Waals surface area contributed by atoms with Gasteiger partial charge in [-0.1, -0.05) is 30.3 Å². The maximum Gasteiger partial charge on any atom is 0.312 e. The first-order valence-electron chi connectivity index (χ1n) is 7.26. The lowest BCUT2D eigenvalue weighted by atomic mass is 9.97. The number of benzene rings is 1. The molecule has 20 heavy (non-hydrogen) atoms. The van der Waals surface area contributed by atoms with Crippen LogP contribution in [0.5, 0.6) is 0 Å². The van der Waals surface area contributed by atoms with Crippen LogP contribution >= 0.6 is 0 Å². The molecule has 4 heteroatoms. The molecule has 4 nitrogen and oxygen atoms in total. The van der Waals surface area contributed by atoms with Crippen molar-refractivity contribution in [3.63, 3.8) is 0 Å². The van der Waals surface area contributed by atoms with Gasteiger partial charge in [0, 0.05) is 6.61 Å². The number of hydrogen-bond acceptors (Lipinski definition) is 4. The van der Waals surface area contributed by atoms with Crippen LogP contribution in [-0.4, -0.2) is 31.4 Å². The van der Waals surface area contributed by atoms with Gasteiger partial charge in [0.15, 0.2) is 0 Å². The molecule has 3 rings (SSSR count). The van der Waals surface area contributed by atoms with E-state index in [-0.39, 0.29) is 18.0 Å². The van der Waals surface area contributed by atoms with Gasteiger partial charge in [0.2, 0.25) is 0 Å². The predicted molar refractivity (Wildman–Crippen MR) is 73.1 cm³/mol. The standard InChI is InChI=1S/C16H20O4/c17-16(19-10-12-4-2-1-3-5-12)14-8-9-18-11-15(14)20-13-6-7-13/h1-5,13-15H,6-11H2. The molecule has 0 radical (unpaired) electrons. The zero-order valence-electron chi connectivity index (χ0n) is 11.5. The zero-order valence-corrected chi connectivity index (χ0v) is 11.5. The van der Waals surface area contributed by atoms with E-state index < -0.39 is 0 Å². The van der Waals surface area contributed by atoms with Crippen LogP contribution in [0.4, 0.5) is 0 Å². The molecule has 0 bridgehead atoms. The van der Waals surface area contributed by atoms with Crippen LogP contribution in [0.15, 0.2) is 30.3 Å². The van der Waals surface area contributed by atoms with Crippen LogP contribution in [0.2, 0.25) is 0 Å². The molecule has 108 valence electrons. The fourth-order valence-corrected chi connectivity index (χ4v) is 2.40. The van der Waals surface area contributed by atoms with E-state index in [2.05, 4.69) is 0 Å². The summed E-state index contributed by atoms with van der Waals surface area (Å²) >= 11 is 0. The number of rotatable bonds is 5. The number of esters is 1. The molecule has 1 aliphatic heterocycles. The number of hydrogen-bond donors (Lipinski definition) is 0. The highest BCUT2D eigenvalue weighted by Gasteiger charge is 2.37. The van der Waals surface area contributed by atoms with Gasteiger partial charge in [-0.15, -0.1) is 0 Å². The van der Waals surface area contributed by atoms with Gasteiger partial charge in [-0.3, -0.25) is 4.79 Å². The average molecular weight is 276 g/mol. The Bertz CT molecular complexity index is 441. The minimum Gasteiger partial charge on any atom is -0.461 e. The average Bonchev–Trinajstić information content (AvgIpc) is 3.30. The maximum absolute atomic E-state index is 12.2. The van der Waals surface area contributed by atoms with E-state index >= 15 is 0 Å². The maximum atomic E-state index is 12.2. The van der Waals surface area contributed by atoms with Crippen LogP contribution in [-0.2, 0) is 25.6 Å². The first-order valence-corrected chi connectivity index (χ1v) is 7.26. The SMILES string of the molecule is O=C(OCc1ccccc1)C1CCOCC1OC1CC1. The van der Waals surface area contributed by atoms with E-state index in [9.17, 15) is 4.79 Å². The van der Waals surface area contributed by atoms with Crippen molar-refractivity contribution in [2.75, 3.05) is 13.2 Å². The summed E-state index contributed by atoms with van der Waals surface area (Å²) in [7, 11) is 0. The third kappa shape index (κ3) is 3.58. The van der Waals surface area contributed by atoms with E-state index in [4.69, 9.17) is 14.2 Å². The molecule has 2 fully saturated rings. The smallest absolute Gasteiger partial charge is 0.312 e. The highest BCUT2D eigenvalue weighted by Crippen LogP contribution is 2.30. The summed E-state index contributed by atoms with van der Waals surface area (Å²) in [5.41, 5.74) is 1.01. The number of carbonyl (C=O) groups excluding carboxylic acids is 1. The molecular weight excluding hydrogens is 256 g/mol. The van der Waals surface area contributed by atoms with Crippen molar-refractivity contribution in [1.29, 1.82) is 0 Å². The van der Waals surface area contributed by atoms with E-state index in [0.29, 0.717) is 32.3 Å². The van der Waals surface area contributed by atoms with E-state index in [1.165, 1.54) is 0 Å². The second kappa shape index (κ2) is 6.37. The molecule has 1 saturated heterocycles. The van der Waals surface area contributed by atoms with Crippen molar-refractivity contribution >= 4 is 5.97 Å². The quantitative estimate of drug-likeness (QED) is 0.774. The molecule has 0 N–H and O–H groups in total. The third-order valence-corrected chi connectivity index (χ3v) is 3.72. The summed E-state index contributed by atoms with van der Waals surface area (Å²) in [4.78, 5) is 12.2. The highest BCUT2D eigenvalue weighted by atomic mass is 16.6. The Balaban J connectivity index is 1.53. The molecule has 0 aromatic heterocycles. The van der Waals surface area contributed by atoms with Gasteiger partial charge in [-0.2, -0.15) is 0 Å². The van der Waals surface area contributed by atoms with E-state index in [1.807, 2.05) is 30.3 Å². The highest BCUT2D eigenvalue weighted by molar-refractivity contribution is 5.73. The van der Waals surface area contributed by atoms with Crippen LogP contribution < -0.4 is 0 Å². The van der Waals surface area contributed by atoms with E-state index in [0.717, 1.165) is 18.4 Å². The van der Waals surface area contributed by atoms with Gasteiger partial charge in [0.05, 0.1) is 24.7 Å². The van der Waals surface area contributed by atoms with Crippen molar-refractivity contribution < 1.29 is 19.0 Å². The zero-order chi connectivity index (χ0) is 13.8. The largest absolute Gasteiger partial charge is 0.461 e. The lowest BCUT2D eigenvalue weighted by molar-refractivity contribution is -0.165. The van der Waals surface area contributed by atoms with Gasteiger partial charge in [-0.25, -0.2) is 0 Å². The normalized spacial score (nSPS) is 26.2. The Kier molecular flexibility index (Phi) is 4.33. The summed E-state index contributed by atoms with van der Waals surface area (Å²) in [6.07, 6.45) is 3.07. The van der Waals surface area contributed by atoms with Crippen molar-refractivity contribution in [1.82, 2.24) is 0 Å². The topological polar surface area (TPSA) is 44.8 Å². The summed E-state index contributed by atoms with van der Waals surface area (Å²) in [6.45, 7) is 1.43. The minimum atomic E-state index is -0.187. The summed E-state index contributed by atoms with van der Waals surface area (Å²) in [6, 6.07) is 9.74. The lowest BCUT2D eigenvalue weighted by Crippen LogP contribution is -2.40. The van der Waals surface area contributed by atoms with Crippen LogP contribution in [0.1, 0.15) is 24.8 Å². The van der Waals surface area contributed by atoms with Gasteiger partial charge < -0.3 is 14.2 Å². The Labute approximate surface area is 119 Å². The monoisotopic (exact) mass is 276 g/mol. The minimum absolute atomic E-state index is 0.139. The van der Waals surface area contributed by atoms with Crippen molar-refractivity contribution in [2.45, 2.75) is 38.1 Å². The summed E-state index contributed by atoms with van der Waals surface area (Å²) in [5, 5.41) is 0. The fourth-order valence-electron chi connectivity index (χ4n) is 2.40. The van der Waals surface area contributed by atoms with Crippen molar-refractivity contribution in [3.8, 4) is 0 Å². The molecule has 1 heterocycles. The predicted octanol–water partition coefficient (Wildman–Crippen LogP) is 2.31. The van der Waals surface area contributed by atoms with Crippen LogP contribution in [0.25, 0.3) is 0 Å². The molecule has 1 aromatic carbocycles. The molecule has 2 atom stereocenters. The first kappa shape index (κ1) is 13.6. The van der Waals surface area contributed by atoms with Crippen molar-refractivity contribution in [2.24, 2.45) is 5.92 Å². The lowest BCUT2D eigenvalue weighted by Gasteiger charge is -2.30. The molecule has 1 saturated carbocycles. The van der Waals surface area contributed by atoms with Gasteiger partial charge in [0.1, 0.15) is 6.61 Å². The molecule has 0 spiro atoms. The number of ether oxygens (including phenoxy) is 3. The molecule has 1 aromatic rings. The fraction of sp³-hybridized carbons (Fsp3) is 0.562. The van der Waals surface area contributed by atoms with Crippen LogP contribution in [0, 0.1) is 5.92 Å². The Morgan fingerprint density at radius 1 is 1.20 bits per heavy atom. The van der Waals surface area contributed by atoms with Gasteiger partial charge in [0.25, 0.3) is 0 Å². The summed E-state index contributed by atoms with van der Waals surface area (Å²) in [5.74, 6) is -0.351. The van der Waals surface area contributed by atoms with Crippen LogP contribution in [0.3, 0.4) is 0 Å². The molecular formula is C16H20O4. The Morgan fingerprint density at radius 2 is 2.00 bits per heavy atom. The molecule has 2 aliphatic rings. The molecule has 2 unspecified atom stereocenters. The number of carbonyl (C=O) groups is 1. The molecule has 1 aliphatic carbocycles.